The maximum atomic E-state index is 13.1. The van der Waals surface area contributed by atoms with Crippen molar-refractivity contribution in [2.75, 3.05) is 13.2 Å². The van der Waals surface area contributed by atoms with Gasteiger partial charge >= 0.3 is 0 Å². The lowest BCUT2D eigenvalue weighted by Crippen LogP contribution is -2.50. The molecule has 1 atom stereocenters. The molecule has 2 aromatic carbocycles. The zero-order chi connectivity index (χ0) is 22.1. The number of amides is 2. The summed E-state index contributed by atoms with van der Waals surface area (Å²) in [6.45, 7) is 6.43. The number of ether oxygens (including phenoxy) is 1. The van der Waals surface area contributed by atoms with Gasteiger partial charge in [0, 0.05) is 18.1 Å². The number of hydrogen-bond donors (Lipinski definition) is 1. The van der Waals surface area contributed by atoms with Gasteiger partial charge in [0.25, 0.3) is 5.91 Å². The van der Waals surface area contributed by atoms with Crippen LogP contribution in [0.3, 0.4) is 0 Å². The third-order valence-corrected chi connectivity index (χ3v) is 5.24. The monoisotopic (exact) mass is 450 g/mol. The fraction of sp³-hybridized carbons (Fsp3) is 0.391. The van der Waals surface area contributed by atoms with Crippen LogP contribution >= 0.6 is 23.2 Å². The molecule has 0 aliphatic rings. The Morgan fingerprint density at radius 2 is 1.67 bits per heavy atom. The second kappa shape index (κ2) is 11.8. The minimum Gasteiger partial charge on any atom is -0.482 e. The standard InChI is InChI=1S/C23H28Cl2N2O3/c1-4-20(23(29)26-13-16(2)3)27(14-17-9-5-6-10-18(17)24)22(28)15-30-21-12-8-7-11-19(21)25/h5-12,16,20H,4,13-15H2,1-3H3,(H,26,29). The van der Waals surface area contributed by atoms with Gasteiger partial charge in [-0.15, -0.1) is 0 Å². The molecule has 2 amide bonds. The van der Waals surface area contributed by atoms with Gasteiger partial charge < -0.3 is 15.0 Å². The van der Waals surface area contributed by atoms with Crippen molar-refractivity contribution in [3.05, 3.63) is 64.1 Å². The summed E-state index contributed by atoms with van der Waals surface area (Å²) in [7, 11) is 0. The predicted octanol–water partition coefficient (Wildman–Crippen LogP) is 4.95. The van der Waals surface area contributed by atoms with Crippen molar-refractivity contribution in [2.24, 2.45) is 5.92 Å². The Labute approximate surface area is 188 Å². The first-order valence-electron chi connectivity index (χ1n) is 10.0. The summed E-state index contributed by atoms with van der Waals surface area (Å²) in [6, 6.07) is 13.6. The molecule has 2 rings (SSSR count). The van der Waals surface area contributed by atoms with E-state index in [9.17, 15) is 9.59 Å². The summed E-state index contributed by atoms with van der Waals surface area (Å²) in [5.74, 6) is 0.219. The van der Waals surface area contributed by atoms with Gasteiger partial charge in [-0.3, -0.25) is 9.59 Å². The highest BCUT2D eigenvalue weighted by Crippen LogP contribution is 2.24. The van der Waals surface area contributed by atoms with E-state index in [2.05, 4.69) is 5.32 Å². The van der Waals surface area contributed by atoms with E-state index >= 15 is 0 Å². The first-order chi connectivity index (χ1) is 14.3. The molecule has 1 unspecified atom stereocenters. The van der Waals surface area contributed by atoms with Gasteiger partial charge in [0.05, 0.1) is 5.02 Å². The van der Waals surface area contributed by atoms with Crippen LogP contribution in [0, 0.1) is 5.92 Å². The number of hydrogen-bond acceptors (Lipinski definition) is 3. The molecule has 0 aliphatic carbocycles. The average Bonchev–Trinajstić information content (AvgIpc) is 2.72. The maximum Gasteiger partial charge on any atom is 0.261 e. The summed E-state index contributed by atoms with van der Waals surface area (Å²) in [5.41, 5.74) is 0.764. The summed E-state index contributed by atoms with van der Waals surface area (Å²) in [5, 5.41) is 3.89. The van der Waals surface area contributed by atoms with Gasteiger partial charge in [0.2, 0.25) is 5.91 Å². The number of nitrogens with one attached hydrogen (secondary N) is 1. The van der Waals surface area contributed by atoms with E-state index in [0.29, 0.717) is 34.7 Å². The van der Waals surface area contributed by atoms with E-state index in [1.165, 1.54) is 4.90 Å². The van der Waals surface area contributed by atoms with Crippen LogP contribution in [0.15, 0.2) is 48.5 Å². The normalized spacial score (nSPS) is 11.8. The van der Waals surface area contributed by atoms with Crippen molar-refractivity contribution in [1.29, 1.82) is 0 Å². The third kappa shape index (κ3) is 6.92. The number of rotatable bonds is 10. The molecule has 7 heteroatoms. The summed E-state index contributed by atoms with van der Waals surface area (Å²) in [4.78, 5) is 27.5. The summed E-state index contributed by atoms with van der Waals surface area (Å²) < 4.78 is 5.63. The molecule has 5 nitrogen and oxygen atoms in total. The molecule has 0 radical (unpaired) electrons. The quantitative estimate of drug-likeness (QED) is 0.556. The molecule has 0 spiro atoms. The van der Waals surface area contributed by atoms with Gasteiger partial charge in [-0.05, 0) is 36.1 Å². The Bertz CT molecular complexity index is 858. The highest BCUT2D eigenvalue weighted by molar-refractivity contribution is 6.32. The van der Waals surface area contributed by atoms with Crippen molar-refractivity contribution in [3.8, 4) is 5.75 Å². The van der Waals surface area contributed by atoms with E-state index in [1.54, 1.807) is 30.3 Å². The molecule has 0 heterocycles. The van der Waals surface area contributed by atoms with E-state index < -0.39 is 6.04 Å². The molecule has 0 saturated carbocycles. The second-order valence-electron chi connectivity index (χ2n) is 7.40. The first-order valence-corrected chi connectivity index (χ1v) is 10.8. The van der Waals surface area contributed by atoms with Crippen LogP contribution in [0.25, 0.3) is 0 Å². The minimum atomic E-state index is -0.637. The Balaban J connectivity index is 2.22. The molecule has 0 aliphatic heterocycles. The smallest absolute Gasteiger partial charge is 0.261 e. The number of nitrogens with zero attached hydrogens (tertiary/aromatic N) is 1. The topological polar surface area (TPSA) is 58.6 Å². The van der Waals surface area contributed by atoms with Crippen molar-refractivity contribution in [2.45, 2.75) is 39.8 Å². The first kappa shape index (κ1) is 24.0. The molecule has 0 fully saturated rings. The largest absolute Gasteiger partial charge is 0.482 e. The van der Waals surface area contributed by atoms with Crippen molar-refractivity contribution in [1.82, 2.24) is 10.2 Å². The zero-order valence-electron chi connectivity index (χ0n) is 17.5. The van der Waals surface area contributed by atoms with Gasteiger partial charge in [-0.2, -0.15) is 0 Å². The SMILES string of the molecule is CCC(C(=O)NCC(C)C)N(Cc1ccccc1Cl)C(=O)COc1ccccc1Cl. The van der Waals surface area contributed by atoms with Crippen molar-refractivity contribution in [3.63, 3.8) is 0 Å². The molecule has 1 N–H and O–H groups in total. The lowest BCUT2D eigenvalue weighted by Gasteiger charge is -2.31. The van der Waals surface area contributed by atoms with E-state index in [-0.39, 0.29) is 25.0 Å². The Hall–Kier alpha value is -2.24. The van der Waals surface area contributed by atoms with E-state index in [4.69, 9.17) is 27.9 Å². The van der Waals surface area contributed by atoms with Gasteiger partial charge in [-0.25, -0.2) is 0 Å². The summed E-state index contributed by atoms with van der Waals surface area (Å²) in [6.07, 6.45) is 0.464. The lowest BCUT2D eigenvalue weighted by molar-refractivity contribution is -0.143. The van der Waals surface area contributed by atoms with Crippen LogP contribution in [0.4, 0.5) is 0 Å². The maximum absolute atomic E-state index is 13.1. The number of para-hydroxylation sites is 1. The van der Waals surface area contributed by atoms with Crippen molar-refractivity contribution >= 4 is 35.0 Å². The predicted molar refractivity (Wildman–Crippen MR) is 121 cm³/mol. The summed E-state index contributed by atoms with van der Waals surface area (Å²) >= 11 is 12.4. The highest BCUT2D eigenvalue weighted by Gasteiger charge is 2.29. The van der Waals surface area contributed by atoms with Crippen LogP contribution < -0.4 is 10.1 Å². The number of carbonyl (C=O) groups is 2. The highest BCUT2D eigenvalue weighted by atomic mass is 35.5. The van der Waals surface area contributed by atoms with Crippen LogP contribution in [-0.2, 0) is 16.1 Å². The Morgan fingerprint density at radius 1 is 1.03 bits per heavy atom. The Kier molecular flexibility index (Phi) is 9.47. The van der Waals surface area contributed by atoms with E-state index in [0.717, 1.165) is 5.56 Å². The molecule has 162 valence electrons. The number of halogens is 2. The van der Waals surface area contributed by atoms with Gasteiger partial charge in [0.1, 0.15) is 11.8 Å². The lowest BCUT2D eigenvalue weighted by atomic mass is 10.1. The van der Waals surface area contributed by atoms with Crippen molar-refractivity contribution < 1.29 is 14.3 Å². The third-order valence-electron chi connectivity index (χ3n) is 4.56. The molecule has 0 saturated heterocycles. The van der Waals surface area contributed by atoms with E-state index in [1.807, 2.05) is 39.0 Å². The fourth-order valence-electron chi connectivity index (χ4n) is 2.94. The molecule has 0 aromatic heterocycles. The van der Waals surface area contributed by atoms with Crippen LogP contribution in [-0.4, -0.2) is 35.9 Å². The molecular formula is C23H28Cl2N2O3. The average molecular weight is 451 g/mol. The van der Waals surface area contributed by atoms with Crippen LogP contribution in [0.5, 0.6) is 5.75 Å². The molecule has 30 heavy (non-hydrogen) atoms. The molecule has 0 bridgehead atoms. The number of benzene rings is 2. The fourth-order valence-corrected chi connectivity index (χ4v) is 3.32. The minimum absolute atomic E-state index is 0.190. The van der Waals surface area contributed by atoms with Gasteiger partial charge in [0.15, 0.2) is 6.61 Å². The van der Waals surface area contributed by atoms with Crippen LogP contribution in [0.2, 0.25) is 10.0 Å². The number of carbonyl (C=O) groups excluding carboxylic acids is 2. The Morgan fingerprint density at radius 3 is 2.27 bits per heavy atom. The molecular weight excluding hydrogens is 423 g/mol. The zero-order valence-corrected chi connectivity index (χ0v) is 19.0. The van der Waals surface area contributed by atoms with Crippen LogP contribution in [0.1, 0.15) is 32.8 Å². The molecule has 2 aromatic rings. The van der Waals surface area contributed by atoms with Gasteiger partial charge in [-0.1, -0.05) is 74.3 Å². The second-order valence-corrected chi connectivity index (χ2v) is 8.21.